The van der Waals surface area contributed by atoms with Gasteiger partial charge in [-0.25, -0.2) is 0 Å². The minimum absolute atomic E-state index is 0.0530. The van der Waals surface area contributed by atoms with Gasteiger partial charge in [0, 0.05) is 24.8 Å². The number of benzene rings is 1. The lowest BCUT2D eigenvalue weighted by atomic mass is 9.96. The first-order chi connectivity index (χ1) is 13.8. The number of rotatable bonds is 9. The van der Waals surface area contributed by atoms with Crippen LogP contribution in [-0.4, -0.2) is 62.1 Å². The summed E-state index contributed by atoms with van der Waals surface area (Å²) in [6.45, 7) is 4.69. The van der Waals surface area contributed by atoms with E-state index >= 15 is 0 Å². The number of likely N-dealkylation sites (tertiary alicyclic amines) is 1. The SMILES string of the molecule is CCOC(=O)C1CCN(C(=O)C(C)Nc2ccc(OC)c(OCC(N)=O)c2)CC1. The summed E-state index contributed by atoms with van der Waals surface area (Å²) in [6.07, 6.45) is 1.20. The van der Waals surface area contributed by atoms with Crippen LogP contribution in [0.5, 0.6) is 11.5 Å². The molecule has 0 aliphatic carbocycles. The summed E-state index contributed by atoms with van der Waals surface area (Å²) in [5.74, 6) is -0.174. The number of carbonyl (C=O) groups excluding carboxylic acids is 3. The normalized spacial score (nSPS) is 15.3. The van der Waals surface area contributed by atoms with Crippen molar-refractivity contribution in [1.82, 2.24) is 4.90 Å². The highest BCUT2D eigenvalue weighted by Gasteiger charge is 2.30. The number of esters is 1. The lowest BCUT2D eigenvalue weighted by molar-refractivity contribution is -0.151. The summed E-state index contributed by atoms with van der Waals surface area (Å²) in [6, 6.07) is 4.61. The van der Waals surface area contributed by atoms with E-state index in [1.807, 2.05) is 0 Å². The summed E-state index contributed by atoms with van der Waals surface area (Å²) < 4.78 is 15.6. The molecule has 1 fully saturated rings. The summed E-state index contributed by atoms with van der Waals surface area (Å²) in [5, 5.41) is 3.14. The summed E-state index contributed by atoms with van der Waals surface area (Å²) in [7, 11) is 1.49. The molecule has 160 valence electrons. The van der Waals surface area contributed by atoms with Gasteiger partial charge in [0.15, 0.2) is 18.1 Å². The Morgan fingerprint density at radius 1 is 1.24 bits per heavy atom. The number of hydrogen-bond donors (Lipinski definition) is 2. The Balaban J connectivity index is 1.95. The molecule has 1 heterocycles. The number of ether oxygens (including phenoxy) is 3. The van der Waals surface area contributed by atoms with Gasteiger partial charge < -0.3 is 30.2 Å². The highest BCUT2D eigenvalue weighted by Crippen LogP contribution is 2.30. The largest absolute Gasteiger partial charge is 0.493 e. The molecule has 0 saturated carbocycles. The molecule has 0 radical (unpaired) electrons. The van der Waals surface area contributed by atoms with Crippen molar-refractivity contribution in [2.45, 2.75) is 32.7 Å². The van der Waals surface area contributed by atoms with Gasteiger partial charge in [0.1, 0.15) is 6.04 Å². The molecule has 9 nitrogen and oxygen atoms in total. The lowest BCUT2D eigenvalue weighted by Gasteiger charge is -2.33. The molecule has 9 heteroatoms. The van der Waals surface area contributed by atoms with Crippen molar-refractivity contribution in [2.75, 3.05) is 38.7 Å². The maximum Gasteiger partial charge on any atom is 0.309 e. The van der Waals surface area contributed by atoms with Crippen LogP contribution in [-0.2, 0) is 19.1 Å². The Morgan fingerprint density at radius 3 is 2.52 bits per heavy atom. The second-order valence-electron chi connectivity index (χ2n) is 6.84. The van der Waals surface area contributed by atoms with Gasteiger partial charge in [-0.15, -0.1) is 0 Å². The number of hydrogen-bond acceptors (Lipinski definition) is 7. The molecule has 0 spiro atoms. The van der Waals surface area contributed by atoms with E-state index in [2.05, 4.69) is 5.32 Å². The first-order valence-electron chi connectivity index (χ1n) is 9.66. The second kappa shape index (κ2) is 10.5. The third-order valence-electron chi connectivity index (χ3n) is 4.71. The van der Waals surface area contributed by atoms with Crippen molar-refractivity contribution in [3.8, 4) is 11.5 Å². The fraction of sp³-hybridized carbons (Fsp3) is 0.550. The summed E-state index contributed by atoms with van der Waals surface area (Å²) >= 11 is 0. The van der Waals surface area contributed by atoms with Crippen LogP contribution in [0.4, 0.5) is 5.69 Å². The van der Waals surface area contributed by atoms with E-state index in [9.17, 15) is 14.4 Å². The van der Waals surface area contributed by atoms with Gasteiger partial charge in [-0.05, 0) is 38.8 Å². The Hall–Kier alpha value is -2.97. The quantitative estimate of drug-likeness (QED) is 0.589. The van der Waals surface area contributed by atoms with Gasteiger partial charge in [0.05, 0.1) is 19.6 Å². The van der Waals surface area contributed by atoms with Crippen molar-refractivity contribution in [3.63, 3.8) is 0 Å². The molecule has 1 atom stereocenters. The third-order valence-corrected chi connectivity index (χ3v) is 4.71. The number of methoxy groups -OCH3 is 1. The molecule has 1 aromatic carbocycles. The van der Waals surface area contributed by atoms with E-state index in [0.29, 0.717) is 49.7 Å². The average Bonchev–Trinajstić information content (AvgIpc) is 2.72. The highest BCUT2D eigenvalue weighted by atomic mass is 16.5. The fourth-order valence-corrected chi connectivity index (χ4v) is 3.21. The van der Waals surface area contributed by atoms with Gasteiger partial charge in [-0.1, -0.05) is 0 Å². The molecule has 2 amide bonds. The first-order valence-corrected chi connectivity index (χ1v) is 9.66. The van der Waals surface area contributed by atoms with E-state index < -0.39 is 11.9 Å². The van der Waals surface area contributed by atoms with Crippen LogP contribution in [0.2, 0.25) is 0 Å². The number of nitrogens with one attached hydrogen (secondary N) is 1. The Morgan fingerprint density at radius 2 is 1.93 bits per heavy atom. The van der Waals surface area contributed by atoms with Crippen LogP contribution in [0.1, 0.15) is 26.7 Å². The summed E-state index contributed by atoms with van der Waals surface area (Å²) in [5.41, 5.74) is 5.76. The minimum Gasteiger partial charge on any atom is -0.493 e. The van der Waals surface area contributed by atoms with E-state index in [-0.39, 0.29) is 24.4 Å². The number of anilines is 1. The van der Waals surface area contributed by atoms with Crippen molar-refractivity contribution in [1.29, 1.82) is 0 Å². The van der Waals surface area contributed by atoms with Crippen LogP contribution < -0.4 is 20.5 Å². The predicted molar refractivity (Wildman–Crippen MR) is 107 cm³/mol. The van der Waals surface area contributed by atoms with E-state index in [1.165, 1.54) is 7.11 Å². The number of piperidine rings is 1. The molecule has 1 saturated heterocycles. The van der Waals surface area contributed by atoms with Crippen molar-refractivity contribution in [3.05, 3.63) is 18.2 Å². The molecule has 2 rings (SSSR count). The van der Waals surface area contributed by atoms with Crippen LogP contribution >= 0.6 is 0 Å². The molecule has 1 aliphatic rings. The topological polar surface area (TPSA) is 120 Å². The molecule has 29 heavy (non-hydrogen) atoms. The van der Waals surface area contributed by atoms with Gasteiger partial charge in [-0.3, -0.25) is 14.4 Å². The smallest absolute Gasteiger partial charge is 0.309 e. The molecule has 0 aromatic heterocycles. The number of nitrogens with zero attached hydrogens (tertiary/aromatic N) is 1. The molecular weight excluding hydrogens is 378 g/mol. The van der Waals surface area contributed by atoms with E-state index in [1.54, 1.807) is 36.9 Å². The molecule has 1 unspecified atom stereocenters. The van der Waals surface area contributed by atoms with Crippen molar-refractivity contribution >= 4 is 23.5 Å². The van der Waals surface area contributed by atoms with Gasteiger partial charge in [-0.2, -0.15) is 0 Å². The second-order valence-corrected chi connectivity index (χ2v) is 6.84. The van der Waals surface area contributed by atoms with Gasteiger partial charge in [0.25, 0.3) is 5.91 Å². The number of primary amides is 1. The standard InChI is InChI=1S/C20H29N3O6/c1-4-28-20(26)14-7-9-23(10-8-14)19(25)13(2)22-15-5-6-16(27-3)17(11-15)29-12-18(21)24/h5-6,11,13-14,22H,4,7-10,12H2,1-3H3,(H2,21,24). The maximum absolute atomic E-state index is 12.8. The van der Waals surface area contributed by atoms with Crippen molar-refractivity contribution in [2.24, 2.45) is 11.7 Å². The molecule has 3 N–H and O–H groups in total. The Kier molecular flexibility index (Phi) is 8.11. The number of carbonyl (C=O) groups is 3. The Labute approximate surface area is 170 Å². The van der Waals surface area contributed by atoms with E-state index in [4.69, 9.17) is 19.9 Å². The monoisotopic (exact) mass is 407 g/mol. The first kappa shape index (κ1) is 22.3. The van der Waals surface area contributed by atoms with Crippen molar-refractivity contribution < 1.29 is 28.6 Å². The molecule has 1 aliphatic heterocycles. The molecule has 1 aromatic rings. The van der Waals surface area contributed by atoms with Crippen LogP contribution in [0.3, 0.4) is 0 Å². The zero-order valence-corrected chi connectivity index (χ0v) is 17.1. The van der Waals surface area contributed by atoms with Crippen LogP contribution in [0.25, 0.3) is 0 Å². The third kappa shape index (κ3) is 6.27. The van der Waals surface area contributed by atoms with E-state index in [0.717, 1.165) is 0 Å². The maximum atomic E-state index is 12.8. The molecular formula is C20H29N3O6. The van der Waals surface area contributed by atoms with Crippen LogP contribution in [0.15, 0.2) is 18.2 Å². The number of amides is 2. The predicted octanol–water partition coefficient (Wildman–Crippen LogP) is 1.16. The van der Waals surface area contributed by atoms with Gasteiger partial charge in [0.2, 0.25) is 5.91 Å². The highest BCUT2D eigenvalue weighted by molar-refractivity contribution is 5.85. The zero-order chi connectivity index (χ0) is 21.4. The minimum atomic E-state index is -0.597. The number of nitrogens with two attached hydrogens (primary N) is 1. The fourth-order valence-electron chi connectivity index (χ4n) is 3.21. The van der Waals surface area contributed by atoms with Gasteiger partial charge >= 0.3 is 5.97 Å². The molecule has 0 bridgehead atoms. The Bertz CT molecular complexity index is 731. The average molecular weight is 407 g/mol. The lowest BCUT2D eigenvalue weighted by Crippen LogP contribution is -2.46. The zero-order valence-electron chi connectivity index (χ0n) is 17.1. The summed E-state index contributed by atoms with van der Waals surface area (Å²) in [4.78, 5) is 37.3. The van der Waals surface area contributed by atoms with Crippen LogP contribution in [0, 0.1) is 5.92 Å².